The van der Waals surface area contributed by atoms with Gasteiger partial charge in [-0.2, -0.15) is 18.3 Å². The number of likely N-dealkylation sites (tertiary alicyclic amines) is 1. The Morgan fingerprint density at radius 1 is 0.878 bits per heavy atom. The van der Waals surface area contributed by atoms with Gasteiger partial charge in [0.2, 0.25) is 5.91 Å². The second kappa shape index (κ2) is 23.9. The van der Waals surface area contributed by atoms with Crippen molar-refractivity contribution in [2.24, 2.45) is 4.99 Å². The van der Waals surface area contributed by atoms with Gasteiger partial charge in [-0.05, 0) is 120 Å². The van der Waals surface area contributed by atoms with E-state index in [-0.39, 0.29) is 18.4 Å². The number of carbonyl (C=O) groups is 1. The van der Waals surface area contributed by atoms with Gasteiger partial charge in [0.25, 0.3) is 0 Å². The number of hydrogen-bond acceptors (Lipinski definition) is 13. The molecule has 2 aliphatic heterocycles. The second-order valence-corrected chi connectivity index (χ2v) is 20.1. The van der Waals surface area contributed by atoms with Crippen LogP contribution in [-0.4, -0.2) is 131 Å². The molecule has 0 spiro atoms. The molecular formula is C53H61ClF3N11O5S. The Morgan fingerprint density at radius 2 is 1.59 bits per heavy atom. The maximum absolute atomic E-state index is 13.9. The standard InChI is InChI=1S/C53H61ClF3N11O5S/c1-34-35(2)74-52-49(34)50(37-8-10-38(54)11-9-37)61-45(51-63-62-36(3)68(51)52)31-48(69)58-19-23-70-24-25-71-26-27-72-28-29-73-41-14-12-39(13-15-41)59-33-66-22-18-44(64-66)47-30-42-43(60-40-16-20-65(4)21-17-40)6-5-7-46(42)67(47)32-53(55,56)57/h5-15,18,22,30,40,45,59-60H,16-17,19-21,23-29,31-33H2,1-4H3,(H,58,69)/t45-/m0/s1. The van der Waals surface area contributed by atoms with Crippen LogP contribution in [0.3, 0.4) is 0 Å². The molecule has 16 nitrogen and oxygen atoms in total. The minimum Gasteiger partial charge on any atom is -0.491 e. The number of halogens is 4. The van der Waals surface area contributed by atoms with Crippen LogP contribution >= 0.6 is 22.9 Å². The fourth-order valence-corrected chi connectivity index (χ4v) is 10.5. The fraction of sp³-hybridized carbons (Fsp3) is 0.415. The molecule has 21 heteroatoms. The van der Waals surface area contributed by atoms with Crippen molar-refractivity contribution in [3.05, 3.63) is 123 Å². The van der Waals surface area contributed by atoms with E-state index in [0.717, 1.165) is 75.9 Å². The number of ether oxygens (including phenoxy) is 4. The van der Waals surface area contributed by atoms with Crippen LogP contribution in [0.15, 0.2) is 90.1 Å². The van der Waals surface area contributed by atoms with E-state index in [1.54, 1.807) is 40.4 Å². The van der Waals surface area contributed by atoms with Gasteiger partial charge in [0, 0.05) is 56.6 Å². The number of hydrogen-bond donors (Lipinski definition) is 3. The van der Waals surface area contributed by atoms with Gasteiger partial charge in [0.1, 0.15) is 48.1 Å². The molecule has 4 aromatic heterocycles. The molecule has 0 unspecified atom stereocenters. The Kier molecular flexibility index (Phi) is 17.0. The maximum Gasteiger partial charge on any atom is 0.406 e. The van der Waals surface area contributed by atoms with Crippen LogP contribution in [0.25, 0.3) is 27.3 Å². The van der Waals surface area contributed by atoms with Crippen LogP contribution in [0.2, 0.25) is 5.02 Å². The van der Waals surface area contributed by atoms with Crippen LogP contribution < -0.4 is 20.7 Å². The fourth-order valence-electron chi connectivity index (χ4n) is 9.18. The molecular weight excluding hydrogens is 995 g/mol. The van der Waals surface area contributed by atoms with Gasteiger partial charge in [-0.1, -0.05) is 29.8 Å². The SMILES string of the molecule is Cc1sc2c(c1C)C(c1ccc(Cl)cc1)=N[C@@H](CC(=O)NCCOCCOCCOCCOc1ccc(NCn3ccc(-c4cc5c(NC6CCN(C)CC6)cccc5n4CC(F)(F)F)n3)cc1)c1nnc(C)n1-2. The van der Waals surface area contributed by atoms with Crippen LogP contribution in [0.4, 0.5) is 24.5 Å². The van der Waals surface area contributed by atoms with E-state index in [9.17, 15) is 18.0 Å². The Morgan fingerprint density at radius 3 is 2.32 bits per heavy atom. The van der Waals surface area contributed by atoms with Crippen molar-refractivity contribution in [3.63, 3.8) is 0 Å². The molecule has 0 radical (unpaired) electrons. The monoisotopic (exact) mass is 1060 g/mol. The lowest BCUT2D eigenvalue weighted by Gasteiger charge is -2.30. The summed E-state index contributed by atoms with van der Waals surface area (Å²) < 4.78 is 69.6. The third-order valence-electron chi connectivity index (χ3n) is 13.1. The van der Waals surface area contributed by atoms with Gasteiger partial charge in [-0.15, -0.1) is 21.5 Å². The number of rotatable bonds is 23. The van der Waals surface area contributed by atoms with Crippen molar-refractivity contribution in [2.75, 3.05) is 83.6 Å². The first-order valence-electron chi connectivity index (χ1n) is 24.8. The maximum atomic E-state index is 13.9. The minimum absolute atomic E-state index is 0.0901. The zero-order chi connectivity index (χ0) is 51.8. The minimum atomic E-state index is -4.41. The predicted octanol–water partition coefficient (Wildman–Crippen LogP) is 9.39. The number of thiophene rings is 1. The number of benzene rings is 3. The molecule has 3 aromatic carbocycles. The highest BCUT2D eigenvalue weighted by molar-refractivity contribution is 7.15. The van der Waals surface area contributed by atoms with Crippen LogP contribution in [0.5, 0.6) is 5.75 Å². The second-order valence-electron chi connectivity index (χ2n) is 18.4. The molecule has 1 saturated heterocycles. The van der Waals surface area contributed by atoms with Gasteiger partial charge < -0.3 is 44.4 Å². The topological polar surface area (TPSA) is 159 Å². The smallest absolute Gasteiger partial charge is 0.406 e. The van der Waals surface area contributed by atoms with Crippen molar-refractivity contribution in [1.82, 2.24) is 39.3 Å². The van der Waals surface area contributed by atoms with E-state index in [1.165, 1.54) is 9.44 Å². The van der Waals surface area contributed by atoms with E-state index in [1.807, 2.05) is 72.2 Å². The highest BCUT2D eigenvalue weighted by Crippen LogP contribution is 2.40. The molecule has 7 aromatic rings. The number of carbonyl (C=O) groups excluding carboxylic acids is 1. The zero-order valence-electron chi connectivity index (χ0n) is 41.9. The largest absolute Gasteiger partial charge is 0.491 e. The van der Waals surface area contributed by atoms with E-state index >= 15 is 0 Å². The Bertz CT molecular complexity index is 3040. The number of amides is 1. The molecule has 6 heterocycles. The average Bonchev–Trinajstić information content (AvgIpc) is 4.15. The summed E-state index contributed by atoms with van der Waals surface area (Å²) in [5, 5.41) is 25.7. The van der Waals surface area contributed by atoms with Crippen molar-refractivity contribution >= 4 is 56.8 Å². The lowest BCUT2D eigenvalue weighted by atomic mass is 9.99. The van der Waals surface area contributed by atoms with E-state index in [2.05, 4.69) is 57.0 Å². The molecule has 1 atom stereocenters. The number of anilines is 2. The third-order valence-corrected chi connectivity index (χ3v) is 14.6. The molecule has 74 heavy (non-hydrogen) atoms. The van der Waals surface area contributed by atoms with Crippen molar-refractivity contribution in [2.45, 2.75) is 71.5 Å². The number of nitrogens with one attached hydrogen (secondary N) is 3. The number of aliphatic imine (C=N–C) groups is 1. The quantitative estimate of drug-likeness (QED) is 0.0524. The van der Waals surface area contributed by atoms with E-state index < -0.39 is 18.8 Å². The first-order valence-corrected chi connectivity index (χ1v) is 26.0. The highest BCUT2D eigenvalue weighted by Gasteiger charge is 2.33. The van der Waals surface area contributed by atoms with Crippen LogP contribution in [0, 0.1) is 20.8 Å². The number of aromatic nitrogens is 6. The van der Waals surface area contributed by atoms with Crippen molar-refractivity contribution in [3.8, 4) is 22.1 Å². The molecule has 392 valence electrons. The molecule has 0 aliphatic carbocycles. The summed E-state index contributed by atoms with van der Waals surface area (Å²) in [4.78, 5) is 21.9. The summed E-state index contributed by atoms with van der Waals surface area (Å²) >= 11 is 7.90. The van der Waals surface area contributed by atoms with E-state index in [0.29, 0.717) is 93.0 Å². The molecule has 1 fully saturated rings. The van der Waals surface area contributed by atoms with Crippen LogP contribution in [0.1, 0.15) is 58.5 Å². The Balaban J connectivity index is 0.650. The summed E-state index contributed by atoms with van der Waals surface area (Å²) in [6, 6.07) is 23.8. The normalized spacial score (nSPS) is 15.2. The Labute approximate surface area is 436 Å². The van der Waals surface area contributed by atoms with Crippen molar-refractivity contribution in [1.29, 1.82) is 0 Å². The molecule has 0 saturated carbocycles. The summed E-state index contributed by atoms with van der Waals surface area (Å²) in [6.07, 6.45) is -0.635. The summed E-state index contributed by atoms with van der Waals surface area (Å²) in [5.41, 5.74) is 6.86. The highest BCUT2D eigenvalue weighted by atomic mass is 35.5. The summed E-state index contributed by atoms with van der Waals surface area (Å²) in [5.74, 6) is 1.86. The van der Waals surface area contributed by atoms with Gasteiger partial charge in [-0.3, -0.25) is 19.0 Å². The first kappa shape index (κ1) is 52.6. The Hall–Kier alpha value is -6.29. The van der Waals surface area contributed by atoms with Gasteiger partial charge in [-0.25, -0.2) is 0 Å². The third kappa shape index (κ3) is 13.0. The lowest BCUT2D eigenvalue weighted by Crippen LogP contribution is -2.36. The number of piperidine rings is 1. The van der Waals surface area contributed by atoms with Crippen LogP contribution in [-0.2, 0) is 32.2 Å². The predicted molar refractivity (Wildman–Crippen MR) is 282 cm³/mol. The number of alkyl halides is 3. The first-order chi connectivity index (χ1) is 35.8. The molecule has 2 aliphatic rings. The summed E-state index contributed by atoms with van der Waals surface area (Å²) in [6.45, 7) is 10.1. The van der Waals surface area contributed by atoms with Gasteiger partial charge in [0.05, 0.1) is 63.0 Å². The number of fused-ring (bicyclic) bond motifs is 4. The molecule has 0 bridgehead atoms. The zero-order valence-corrected chi connectivity index (χ0v) is 43.5. The number of nitrogens with zero attached hydrogens (tertiary/aromatic N) is 8. The molecule has 3 N–H and O–H groups in total. The molecule has 1 amide bonds. The van der Waals surface area contributed by atoms with E-state index in [4.69, 9.17) is 35.5 Å². The average molecular weight is 1060 g/mol. The van der Waals surface area contributed by atoms with Gasteiger partial charge in [0.15, 0.2) is 5.82 Å². The van der Waals surface area contributed by atoms with Crippen molar-refractivity contribution < 1.29 is 36.9 Å². The van der Waals surface area contributed by atoms with Gasteiger partial charge >= 0.3 is 6.18 Å². The lowest BCUT2D eigenvalue weighted by molar-refractivity contribution is -0.139. The summed E-state index contributed by atoms with van der Waals surface area (Å²) in [7, 11) is 2.10. The molecule has 9 rings (SSSR count). The number of aryl methyl sites for hydroxylation is 2.